The number of hydrogen-bond acceptors (Lipinski definition) is 7. The molecule has 0 amide bonds. The smallest absolute Gasteiger partial charge is 0.348 e. The van der Waals surface area contributed by atoms with Crippen molar-refractivity contribution in [3.63, 3.8) is 0 Å². The lowest BCUT2D eigenvalue weighted by Crippen LogP contribution is -2.39. The lowest BCUT2D eigenvalue weighted by Gasteiger charge is -2.25. The largest absolute Gasteiger partial charge is 0.481 e. The van der Waals surface area contributed by atoms with Gasteiger partial charge in [0.1, 0.15) is 9.09 Å². The summed E-state index contributed by atoms with van der Waals surface area (Å²) in [5, 5.41) is 18.0. The molecule has 1 aromatic heterocycles. The van der Waals surface area contributed by atoms with Crippen LogP contribution < -0.4 is 4.72 Å². The van der Waals surface area contributed by atoms with E-state index in [-0.39, 0.29) is 22.1 Å². The van der Waals surface area contributed by atoms with Crippen molar-refractivity contribution in [3.05, 3.63) is 17.0 Å². The van der Waals surface area contributed by atoms with Crippen molar-refractivity contribution in [2.45, 2.75) is 17.6 Å². The van der Waals surface area contributed by atoms with Gasteiger partial charge in [0.15, 0.2) is 0 Å². The molecular weight excluding hydrogens is 334 g/mol. The Hall–Kier alpha value is -1.49. The Kier molecular flexibility index (Phi) is 6.06. The van der Waals surface area contributed by atoms with Crippen LogP contribution >= 0.6 is 11.3 Å². The predicted octanol–water partition coefficient (Wildman–Crippen LogP) is 0.286. The molecule has 1 atom stereocenters. The number of methoxy groups -OCH3 is 1. The number of sulfonamides is 1. The third-order valence-corrected chi connectivity index (χ3v) is 5.84. The average Bonchev–Trinajstić information content (AvgIpc) is 2.94. The standard InChI is InChI=1S/C12H17NO7S2/c1-12(7-14,5-9(15)16)6-13-22(18,19)10-4-3-8(21-10)11(17)20-2/h3-4,13-14H,5-7H2,1-2H3,(H,15,16). The van der Waals surface area contributed by atoms with Gasteiger partial charge in [-0.15, -0.1) is 11.3 Å². The van der Waals surface area contributed by atoms with E-state index in [1.165, 1.54) is 26.2 Å². The van der Waals surface area contributed by atoms with E-state index in [0.29, 0.717) is 0 Å². The van der Waals surface area contributed by atoms with Gasteiger partial charge in [-0.1, -0.05) is 6.92 Å². The first kappa shape index (κ1) is 18.6. The topological polar surface area (TPSA) is 130 Å². The number of carboxylic acid groups (broad SMARTS) is 1. The van der Waals surface area contributed by atoms with Crippen molar-refractivity contribution in [3.8, 4) is 0 Å². The number of nitrogens with one attached hydrogen (secondary N) is 1. The minimum absolute atomic E-state index is 0.0940. The molecule has 0 aliphatic heterocycles. The first-order valence-corrected chi connectivity index (χ1v) is 8.44. The molecule has 0 radical (unpaired) electrons. The Bertz CT molecular complexity index is 652. The number of carbonyl (C=O) groups is 2. The highest BCUT2D eigenvalue weighted by molar-refractivity contribution is 7.91. The molecule has 8 nitrogen and oxygen atoms in total. The number of hydrogen-bond donors (Lipinski definition) is 3. The summed E-state index contributed by atoms with van der Waals surface area (Å²) in [5.41, 5.74) is -1.12. The molecule has 0 spiro atoms. The molecule has 0 aromatic carbocycles. The molecule has 0 aliphatic rings. The van der Waals surface area contributed by atoms with Crippen molar-refractivity contribution in [2.75, 3.05) is 20.3 Å². The van der Waals surface area contributed by atoms with E-state index in [2.05, 4.69) is 9.46 Å². The summed E-state index contributed by atoms with van der Waals surface area (Å²) in [6, 6.07) is 2.58. The highest BCUT2D eigenvalue weighted by Gasteiger charge is 2.30. The maximum Gasteiger partial charge on any atom is 0.348 e. The summed E-state index contributed by atoms with van der Waals surface area (Å²) >= 11 is 0.741. The number of aliphatic hydroxyl groups excluding tert-OH is 1. The fraction of sp³-hybridized carbons (Fsp3) is 0.500. The molecule has 0 saturated heterocycles. The maximum atomic E-state index is 12.1. The van der Waals surface area contributed by atoms with E-state index in [0.717, 1.165) is 11.3 Å². The summed E-state index contributed by atoms with van der Waals surface area (Å²) in [6.07, 6.45) is -0.385. The van der Waals surface area contributed by atoms with Crippen LogP contribution in [0.15, 0.2) is 16.3 Å². The van der Waals surface area contributed by atoms with Crippen LogP contribution in [-0.2, 0) is 19.6 Å². The molecule has 0 saturated carbocycles. The minimum atomic E-state index is -3.90. The van der Waals surface area contributed by atoms with E-state index in [1.807, 2.05) is 0 Å². The summed E-state index contributed by atoms with van der Waals surface area (Å²) in [6.45, 7) is 0.723. The second kappa shape index (κ2) is 7.18. The molecule has 3 N–H and O–H groups in total. The van der Waals surface area contributed by atoms with Crippen LogP contribution in [0.5, 0.6) is 0 Å². The van der Waals surface area contributed by atoms with Crippen molar-refractivity contribution >= 4 is 33.3 Å². The van der Waals surface area contributed by atoms with Crippen molar-refractivity contribution in [1.82, 2.24) is 4.72 Å². The molecule has 1 heterocycles. The molecule has 124 valence electrons. The number of carboxylic acids is 1. The first-order valence-electron chi connectivity index (χ1n) is 6.14. The molecule has 0 bridgehead atoms. The van der Waals surface area contributed by atoms with Crippen LogP contribution in [0.4, 0.5) is 0 Å². The molecule has 10 heteroatoms. The highest BCUT2D eigenvalue weighted by atomic mass is 32.2. The number of rotatable bonds is 8. The number of aliphatic carboxylic acids is 1. The number of carbonyl (C=O) groups excluding carboxylic acids is 1. The second-order valence-corrected chi connectivity index (χ2v) is 8.05. The van der Waals surface area contributed by atoms with Crippen LogP contribution in [0.25, 0.3) is 0 Å². The summed E-state index contributed by atoms with van der Waals surface area (Å²) in [5.74, 6) is -1.78. The summed E-state index contributed by atoms with van der Waals surface area (Å²) < 4.78 is 30.9. The van der Waals surface area contributed by atoms with Crippen LogP contribution in [0.2, 0.25) is 0 Å². The number of aliphatic hydroxyl groups is 1. The molecule has 1 aromatic rings. The molecule has 1 unspecified atom stereocenters. The zero-order chi connectivity index (χ0) is 17.0. The first-order chi connectivity index (χ1) is 10.1. The molecular formula is C12H17NO7S2. The maximum absolute atomic E-state index is 12.1. The van der Waals surface area contributed by atoms with E-state index in [1.54, 1.807) is 0 Å². The Morgan fingerprint density at radius 3 is 2.55 bits per heavy atom. The number of esters is 1. The zero-order valence-corrected chi connectivity index (χ0v) is 13.7. The summed E-state index contributed by atoms with van der Waals surface area (Å²) in [7, 11) is -2.72. The molecule has 1 rings (SSSR count). The fourth-order valence-electron chi connectivity index (χ4n) is 1.55. The van der Waals surface area contributed by atoms with Crippen LogP contribution in [0, 0.1) is 5.41 Å². The third kappa shape index (κ3) is 4.77. The second-order valence-electron chi connectivity index (χ2n) is 4.97. The highest BCUT2D eigenvalue weighted by Crippen LogP contribution is 2.24. The van der Waals surface area contributed by atoms with Crippen LogP contribution in [-0.4, -0.2) is 50.8 Å². The van der Waals surface area contributed by atoms with Crippen LogP contribution in [0.3, 0.4) is 0 Å². The average molecular weight is 351 g/mol. The Labute approximate surface area is 131 Å². The van der Waals surface area contributed by atoms with Gasteiger partial charge in [-0.05, 0) is 12.1 Å². The normalized spacial score (nSPS) is 14.3. The van der Waals surface area contributed by atoms with Gasteiger partial charge in [-0.2, -0.15) is 0 Å². The van der Waals surface area contributed by atoms with Gasteiger partial charge in [0.05, 0.1) is 20.1 Å². The summed E-state index contributed by atoms with van der Waals surface area (Å²) in [4.78, 5) is 22.2. The SMILES string of the molecule is COC(=O)c1ccc(S(=O)(=O)NCC(C)(CO)CC(=O)O)s1. The predicted molar refractivity (Wildman–Crippen MR) is 78.3 cm³/mol. The van der Waals surface area contributed by atoms with Crippen molar-refractivity contribution in [1.29, 1.82) is 0 Å². The number of ether oxygens (including phenoxy) is 1. The van der Waals surface area contributed by atoms with Gasteiger partial charge < -0.3 is 14.9 Å². The van der Waals surface area contributed by atoms with Gasteiger partial charge in [-0.25, -0.2) is 17.9 Å². The molecule has 0 aliphatic carbocycles. The van der Waals surface area contributed by atoms with Gasteiger partial charge in [0.2, 0.25) is 10.0 Å². The molecule has 0 fully saturated rings. The van der Waals surface area contributed by atoms with E-state index < -0.39 is 34.0 Å². The fourth-order valence-corrected chi connectivity index (χ4v) is 4.02. The minimum Gasteiger partial charge on any atom is -0.481 e. The van der Waals surface area contributed by atoms with Crippen LogP contribution in [0.1, 0.15) is 23.0 Å². The Balaban J connectivity index is 2.85. The van der Waals surface area contributed by atoms with Crippen molar-refractivity contribution < 1.29 is 33.0 Å². The molecule has 22 heavy (non-hydrogen) atoms. The van der Waals surface area contributed by atoms with Gasteiger partial charge in [-0.3, -0.25) is 4.79 Å². The Morgan fingerprint density at radius 2 is 2.05 bits per heavy atom. The quantitative estimate of drug-likeness (QED) is 0.574. The zero-order valence-electron chi connectivity index (χ0n) is 12.0. The van der Waals surface area contributed by atoms with E-state index >= 15 is 0 Å². The van der Waals surface area contributed by atoms with Gasteiger partial charge in [0.25, 0.3) is 0 Å². The number of thiophene rings is 1. The Morgan fingerprint density at radius 1 is 1.41 bits per heavy atom. The van der Waals surface area contributed by atoms with Gasteiger partial charge in [0, 0.05) is 12.0 Å². The lowest BCUT2D eigenvalue weighted by atomic mass is 9.88. The third-order valence-electron chi connectivity index (χ3n) is 2.88. The van der Waals surface area contributed by atoms with Crippen molar-refractivity contribution in [2.24, 2.45) is 5.41 Å². The van der Waals surface area contributed by atoms with E-state index in [9.17, 15) is 23.1 Å². The van der Waals surface area contributed by atoms with E-state index in [4.69, 9.17) is 5.11 Å². The lowest BCUT2D eigenvalue weighted by molar-refractivity contribution is -0.140. The monoisotopic (exact) mass is 351 g/mol. The van der Waals surface area contributed by atoms with Gasteiger partial charge >= 0.3 is 11.9 Å².